The van der Waals surface area contributed by atoms with E-state index >= 15 is 0 Å². The van der Waals surface area contributed by atoms with Crippen LogP contribution < -0.4 is 5.32 Å². The molecule has 1 fully saturated rings. The number of hydrogen-bond donors (Lipinski definition) is 1. The Kier molecular flexibility index (Phi) is 5.41. The van der Waals surface area contributed by atoms with E-state index in [-0.39, 0.29) is 0 Å². The summed E-state index contributed by atoms with van der Waals surface area (Å²) in [5.41, 5.74) is 1.42. The van der Waals surface area contributed by atoms with E-state index in [4.69, 9.17) is 0 Å². The SMILES string of the molecule is CCNC(CN1CCCC1C(C)C)c1ccccc1. The second kappa shape index (κ2) is 7.06. The molecule has 0 aromatic heterocycles. The zero-order valence-electron chi connectivity index (χ0n) is 12.6. The lowest BCUT2D eigenvalue weighted by Crippen LogP contribution is -2.40. The van der Waals surface area contributed by atoms with Crippen molar-refractivity contribution in [1.29, 1.82) is 0 Å². The molecule has 1 aliphatic heterocycles. The van der Waals surface area contributed by atoms with Crippen LogP contribution in [0.1, 0.15) is 45.2 Å². The molecule has 0 spiro atoms. The van der Waals surface area contributed by atoms with Crippen LogP contribution in [0.25, 0.3) is 0 Å². The number of benzene rings is 1. The van der Waals surface area contributed by atoms with Gasteiger partial charge in [0.15, 0.2) is 0 Å². The molecule has 2 unspecified atom stereocenters. The molecule has 2 rings (SSSR count). The van der Waals surface area contributed by atoms with Crippen molar-refractivity contribution in [2.24, 2.45) is 5.92 Å². The second-order valence-corrected chi connectivity index (χ2v) is 5.97. The highest BCUT2D eigenvalue weighted by Crippen LogP contribution is 2.26. The summed E-state index contributed by atoms with van der Waals surface area (Å²) in [4.78, 5) is 2.69. The smallest absolute Gasteiger partial charge is 0.0449 e. The average molecular weight is 260 g/mol. The topological polar surface area (TPSA) is 15.3 Å². The zero-order valence-corrected chi connectivity index (χ0v) is 12.6. The number of hydrogen-bond acceptors (Lipinski definition) is 2. The van der Waals surface area contributed by atoms with Crippen LogP contribution in [0.15, 0.2) is 30.3 Å². The van der Waals surface area contributed by atoms with E-state index in [0.717, 1.165) is 25.0 Å². The molecule has 1 aliphatic rings. The number of likely N-dealkylation sites (tertiary alicyclic amines) is 1. The highest BCUT2D eigenvalue weighted by atomic mass is 15.2. The van der Waals surface area contributed by atoms with Crippen molar-refractivity contribution < 1.29 is 0 Å². The summed E-state index contributed by atoms with van der Waals surface area (Å²) in [6.07, 6.45) is 2.72. The van der Waals surface area contributed by atoms with Crippen molar-refractivity contribution in [3.63, 3.8) is 0 Å². The van der Waals surface area contributed by atoms with Gasteiger partial charge in [-0.05, 0) is 37.4 Å². The van der Waals surface area contributed by atoms with Crippen LogP contribution in [0, 0.1) is 5.92 Å². The molecular weight excluding hydrogens is 232 g/mol. The first kappa shape index (κ1) is 14.5. The van der Waals surface area contributed by atoms with Gasteiger partial charge in [-0.3, -0.25) is 4.90 Å². The minimum Gasteiger partial charge on any atom is -0.309 e. The van der Waals surface area contributed by atoms with Gasteiger partial charge in [0.05, 0.1) is 0 Å². The number of nitrogens with zero attached hydrogens (tertiary/aromatic N) is 1. The molecule has 2 atom stereocenters. The van der Waals surface area contributed by atoms with E-state index in [0.29, 0.717) is 6.04 Å². The summed E-state index contributed by atoms with van der Waals surface area (Å²) >= 11 is 0. The van der Waals surface area contributed by atoms with Crippen molar-refractivity contribution in [3.05, 3.63) is 35.9 Å². The summed E-state index contributed by atoms with van der Waals surface area (Å²) in [5.74, 6) is 0.764. The van der Waals surface area contributed by atoms with Crippen molar-refractivity contribution in [2.75, 3.05) is 19.6 Å². The van der Waals surface area contributed by atoms with E-state index in [1.54, 1.807) is 0 Å². The number of nitrogens with one attached hydrogen (secondary N) is 1. The minimum atomic E-state index is 0.463. The zero-order chi connectivity index (χ0) is 13.7. The molecule has 1 aromatic carbocycles. The largest absolute Gasteiger partial charge is 0.309 e. The maximum absolute atomic E-state index is 3.64. The molecule has 1 saturated heterocycles. The van der Waals surface area contributed by atoms with Gasteiger partial charge in [0.1, 0.15) is 0 Å². The van der Waals surface area contributed by atoms with Gasteiger partial charge >= 0.3 is 0 Å². The van der Waals surface area contributed by atoms with Gasteiger partial charge < -0.3 is 5.32 Å². The van der Waals surface area contributed by atoms with E-state index in [2.05, 4.69) is 61.3 Å². The lowest BCUT2D eigenvalue weighted by atomic mass is 10.0. The third-order valence-corrected chi connectivity index (χ3v) is 4.25. The molecular formula is C17H28N2. The predicted molar refractivity (Wildman–Crippen MR) is 82.3 cm³/mol. The monoisotopic (exact) mass is 260 g/mol. The van der Waals surface area contributed by atoms with Crippen molar-refractivity contribution >= 4 is 0 Å². The van der Waals surface area contributed by atoms with Crippen molar-refractivity contribution in [2.45, 2.75) is 45.7 Å². The molecule has 0 saturated carbocycles. The molecule has 2 nitrogen and oxygen atoms in total. The first-order chi connectivity index (χ1) is 9.22. The van der Waals surface area contributed by atoms with E-state index in [1.165, 1.54) is 24.9 Å². The fourth-order valence-electron chi connectivity index (χ4n) is 3.29. The summed E-state index contributed by atoms with van der Waals surface area (Å²) in [5, 5.41) is 3.64. The highest BCUT2D eigenvalue weighted by molar-refractivity contribution is 5.19. The van der Waals surface area contributed by atoms with Gasteiger partial charge in [-0.2, -0.15) is 0 Å². The fraction of sp³-hybridized carbons (Fsp3) is 0.647. The average Bonchev–Trinajstić information content (AvgIpc) is 2.88. The van der Waals surface area contributed by atoms with Crippen LogP contribution in [0.3, 0.4) is 0 Å². The first-order valence-corrected chi connectivity index (χ1v) is 7.74. The maximum Gasteiger partial charge on any atom is 0.0449 e. The van der Waals surface area contributed by atoms with Gasteiger partial charge in [-0.1, -0.05) is 51.1 Å². The normalized spacial score (nSPS) is 22.0. The van der Waals surface area contributed by atoms with Crippen LogP contribution in [0.4, 0.5) is 0 Å². The quantitative estimate of drug-likeness (QED) is 0.842. The summed E-state index contributed by atoms with van der Waals surface area (Å²) < 4.78 is 0. The third kappa shape index (κ3) is 3.80. The van der Waals surface area contributed by atoms with Gasteiger partial charge in [0.2, 0.25) is 0 Å². The molecule has 0 radical (unpaired) electrons. The van der Waals surface area contributed by atoms with E-state index < -0.39 is 0 Å². The summed E-state index contributed by atoms with van der Waals surface area (Å²) in [6, 6.07) is 12.1. The first-order valence-electron chi connectivity index (χ1n) is 7.74. The van der Waals surface area contributed by atoms with Crippen LogP contribution in [0.5, 0.6) is 0 Å². The third-order valence-electron chi connectivity index (χ3n) is 4.25. The van der Waals surface area contributed by atoms with E-state index in [1.807, 2.05) is 0 Å². The lowest BCUT2D eigenvalue weighted by Gasteiger charge is -2.31. The summed E-state index contributed by atoms with van der Waals surface area (Å²) in [7, 11) is 0. The molecule has 0 bridgehead atoms. The minimum absolute atomic E-state index is 0.463. The Morgan fingerprint density at radius 1 is 1.26 bits per heavy atom. The standard InChI is InChI=1S/C17H28N2/c1-4-18-16(15-9-6-5-7-10-15)13-19-12-8-11-17(19)14(2)3/h5-7,9-10,14,16-18H,4,8,11-13H2,1-3H3. The van der Waals surface area contributed by atoms with Crippen molar-refractivity contribution in [3.8, 4) is 0 Å². The van der Waals surface area contributed by atoms with Crippen LogP contribution in [0.2, 0.25) is 0 Å². The Hall–Kier alpha value is -0.860. The predicted octanol–water partition coefficient (Wildman–Crippen LogP) is 3.46. The molecule has 0 amide bonds. The molecule has 19 heavy (non-hydrogen) atoms. The molecule has 1 heterocycles. The van der Waals surface area contributed by atoms with Crippen LogP contribution >= 0.6 is 0 Å². The van der Waals surface area contributed by atoms with Crippen LogP contribution in [-0.4, -0.2) is 30.6 Å². The Bertz CT molecular complexity index is 361. The van der Waals surface area contributed by atoms with E-state index in [9.17, 15) is 0 Å². The molecule has 1 N–H and O–H groups in total. The number of rotatable bonds is 6. The maximum atomic E-state index is 3.64. The van der Waals surface area contributed by atoms with Gasteiger partial charge in [-0.15, -0.1) is 0 Å². The lowest BCUT2D eigenvalue weighted by molar-refractivity contribution is 0.187. The Morgan fingerprint density at radius 2 is 2.00 bits per heavy atom. The molecule has 1 aromatic rings. The molecule has 106 valence electrons. The highest BCUT2D eigenvalue weighted by Gasteiger charge is 2.28. The van der Waals surface area contributed by atoms with Gasteiger partial charge in [0, 0.05) is 18.6 Å². The Morgan fingerprint density at radius 3 is 2.63 bits per heavy atom. The second-order valence-electron chi connectivity index (χ2n) is 5.97. The van der Waals surface area contributed by atoms with Gasteiger partial charge in [-0.25, -0.2) is 0 Å². The Labute approximate surface area is 118 Å². The van der Waals surface area contributed by atoms with Crippen LogP contribution in [-0.2, 0) is 0 Å². The molecule has 2 heteroatoms. The Balaban J connectivity index is 2.04. The molecule has 0 aliphatic carbocycles. The summed E-state index contributed by atoms with van der Waals surface area (Å²) in [6.45, 7) is 10.3. The van der Waals surface area contributed by atoms with Crippen molar-refractivity contribution in [1.82, 2.24) is 10.2 Å². The number of likely N-dealkylation sites (N-methyl/N-ethyl adjacent to an activating group) is 1. The van der Waals surface area contributed by atoms with Gasteiger partial charge in [0.25, 0.3) is 0 Å². The fourth-order valence-corrected chi connectivity index (χ4v) is 3.29.